The standard InChI is InChI=1S/C22H34N2O3S/c1-26-21-12-16(13-23-22(17-3-4-17)18-5-6-18)2-7-20(21)27-15-19(25)14-24-8-10-28-11-9-24/h2,7,12,17-19,22-23,25H,3-6,8-11,13-15H2,1H3. The van der Waals surface area contributed by atoms with Crippen LogP contribution in [0.25, 0.3) is 0 Å². The van der Waals surface area contributed by atoms with Crippen molar-refractivity contribution in [3.63, 3.8) is 0 Å². The molecular formula is C22H34N2O3S. The molecule has 2 N–H and O–H groups in total. The molecule has 1 saturated heterocycles. The first kappa shape index (κ1) is 20.3. The normalized spacial score (nSPS) is 21.7. The Balaban J connectivity index is 1.26. The van der Waals surface area contributed by atoms with Gasteiger partial charge in [0.05, 0.1) is 7.11 Å². The van der Waals surface area contributed by atoms with Crippen LogP contribution in [0.2, 0.25) is 0 Å². The number of aliphatic hydroxyl groups excluding tert-OH is 1. The van der Waals surface area contributed by atoms with E-state index in [4.69, 9.17) is 9.47 Å². The fraction of sp³-hybridized carbons (Fsp3) is 0.727. The van der Waals surface area contributed by atoms with Crippen molar-refractivity contribution in [1.29, 1.82) is 0 Å². The largest absolute Gasteiger partial charge is 0.493 e. The van der Waals surface area contributed by atoms with Gasteiger partial charge in [0.2, 0.25) is 0 Å². The smallest absolute Gasteiger partial charge is 0.161 e. The van der Waals surface area contributed by atoms with Crippen LogP contribution in [0.3, 0.4) is 0 Å². The van der Waals surface area contributed by atoms with E-state index in [2.05, 4.69) is 22.3 Å². The number of hydrogen-bond acceptors (Lipinski definition) is 6. The highest BCUT2D eigenvalue weighted by Gasteiger charge is 2.40. The number of thioether (sulfide) groups is 1. The lowest BCUT2D eigenvalue weighted by Crippen LogP contribution is -2.40. The second-order valence-electron chi connectivity index (χ2n) is 8.44. The number of rotatable bonds is 11. The first-order chi connectivity index (χ1) is 13.7. The maximum Gasteiger partial charge on any atom is 0.161 e. The number of β-amino-alcohol motifs (C(OH)–C–C–N with tert-alkyl or cyclic N) is 1. The molecule has 28 heavy (non-hydrogen) atoms. The van der Waals surface area contributed by atoms with E-state index in [1.807, 2.05) is 17.8 Å². The number of methoxy groups -OCH3 is 1. The molecule has 3 fully saturated rings. The van der Waals surface area contributed by atoms with Gasteiger partial charge in [-0.2, -0.15) is 11.8 Å². The maximum atomic E-state index is 10.3. The quantitative estimate of drug-likeness (QED) is 0.589. The molecule has 0 amide bonds. The van der Waals surface area contributed by atoms with Crippen LogP contribution in [0.4, 0.5) is 0 Å². The Labute approximate surface area is 173 Å². The summed E-state index contributed by atoms with van der Waals surface area (Å²) in [6.45, 7) is 3.95. The molecule has 6 heteroatoms. The molecule has 2 aliphatic carbocycles. The van der Waals surface area contributed by atoms with Crippen LogP contribution in [0.5, 0.6) is 11.5 Å². The van der Waals surface area contributed by atoms with Gasteiger partial charge in [-0.3, -0.25) is 4.90 Å². The minimum atomic E-state index is -0.480. The molecule has 1 aliphatic heterocycles. The van der Waals surface area contributed by atoms with E-state index in [9.17, 15) is 5.11 Å². The summed E-state index contributed by atoms with van der Waals surface area (Å²) in [5.74, 6) is 5.56. The molecule has 156 valence electrons. The Morgan fingerprint density at radius 2 is 1.86 bits per heavy atom. The van der Waals surface area contributed by atoms with Crippen molar-refractivity contribution >= 4 is 11.8 Å². The van der Waals surface area contributed by atoms with Crippen molar-refractivity contribution in [1.82, 2.24) is 10.2 Å². The summed E-state index contributed by atoms with van der Waals surface area (Å²) in [6.07, 6.45) is 5.09. The van der Waals surface area contributed by atoms with Crippen molar-refractivity contribution in [2.24, 2.45) is 11.8 Å². The number of ether oxygens (including phenoxy) is 2. The molecule has 1 aromatic rings. The molecule has 4 rings (SSSR count). The third-order valence-electron chi connectivity index (χ3n) is 6.03. The lowest BCUT2D eigenvalue weighted by molar-refractivity contribution is 0.0705. The lowest BCUT2D eigenvalue weighted by Gasteiger charge is -2.28. The summed E-state index contributed by atoms with van der Waals surface area (Å²) in [4.78, 5) is 2.31. The van der Waals surface area contributed by atoms with Crippen molar-refractivity contribution in [3.05, 3.63) is 23.8 Å². The molecule has 1 aromatic carbocycles. The van der Waals surface area contributed by atoms with Gasteiger partial charge in [-0.25, -0.2) is 0 Å². The highest BCUT2D eigenvalue weighted by atomic mass is 32.2. The number of nitrogens with zero attached hydrogens (tertiary/aromatic N) is 1. The Kier molecular flexibility index (Phi) is 7.04. The van der Waals surface area contributed by atoms with E-state index in [0.717, 1.165) is 48.7 Å². The fourth-order valence-corrected chi connectivity index (χ4v) is 5.11. The third-order valence-corrected chi connectivity index (χ3v) is 6.98. The summed E-state index contributed by atoms with van der Waals surface area (Å²) in [6, 6.07) is 6.84. The van der Waals surface area contributed by atoms with Crippen molar-refractivity contribution in [2.45, 2.75) is 44.4 Å². The molecule has 0 aromatic heterocycles. The summed E-state index contributed by atoms with van der Waals surface area (Å²) in [5.41, 5.74) is 1.22. The van der Waals surface area contributed by atoms with Crippen LogP contribution in [-0.4, -0.2) is 67.0 Å². The van der Waals surface area contributed by atoms with Crippen molar-refractivity contribution < 1.29 is 14.6 Å². The molecular weight excluding hydrogens is 372 g/mol. The number of benzene rings is 1. The van der Waals surface area contributed by atoms with Gasteiger partial charge in [-0.05, 0) is 55.2 Å². The Morgan fingerprint density at radius 3 is 2.50 bits per heavy atom. The summed E-state index contributed by atoms with van der Waals surface area (Å²) >= 11 is 1.98. The minimum absolute atomic E-state index is 0.295. The number of aliphatic hydroxyl groups is 1. The van der Waals surface area contributed by atoms with Gasteiger partial charge in [0.25, 0.3) is 0 Å². The zero-order valence-corrected chi connectivity index (χ0v) is 17.8. The molecule has 5 nitrogen and oxygen atoms in total. The first-order valence-corrected chi connectivity index (χ1v) is 11.9. The summed E-state index contributed by atoms with van der Waals surface area (Å²) < 4.78 is 11.4. The van der Waals surface area contributed by atoms with Gasteiger partial charge < -0.3 is 19.9 Å². The second kappa shape index (κ2) is 9.70. The molecule has 0 radical (unpaired) electrons. The lowest BCUT2D eigenvalue weighted by atomic mass is 10.1. The van der Waals surface area contributed by atoms with E-state index in [0.29, 0.717) is 24.9 Å². The highest BCUT2D eigenvalue weighted by molar-refractivity contribution is 7.99. The number of nitrogens with one attached hydrogen (secondary N) is 1. The van der Waals surface area contributed by atoms with Crippen LogP contribution >= 0.6 is 11.8 Å². The predicted molar refractivity (Wildman–Crippen MR) is 114 cm³/mol. The summed E-state index contributed by atoms with van der Waals surface area (Å²) in [5, 5.41) is 14.1. The Bertz CT molecular complexity index is 618. The molecule has 0 spiro atoms. The van der Waals surface area contributed by atoms with E-state index in [1.54, 1.807) is 7.11 Å². The molecule has 3 aliphatic rings. The van der Waals surface area contributed by atoms with E-state index >= 15 is 0 Å². The van der Waals surface area contributed by atoms with Crippen LogP contribution < -0.4 is 14.8 Å². The van der Waals surface area contributed by atoms with Gasteiger partial charge in [0, 0.05) is 43.7 Å². The molecule has 1 unspecified atom stereocenters. The van der Waals surface area contributed by atoms with Crippen molar-refractivity contribution in [3.8, 4) is 11.5 Å². The van der Waals surface area contributed by atoms with Crippen LogP contribution in [-0.2, 0) is 6.54 Å². The Hall–Kier alpha value is -0.950. The predicted octanol–water partition coefficient (Wildman–Crippen LogP) is 2.76. The molecule has 2 saturated carbocycles. The molecule has 1 atom stereocenters. The van der Waals surface area contributed by atoms with Gasteiger partial charge in [-0.1, -0.05) is 6.07 Å². The fourth-order valence-electron chi connectivity index (χ4n) is 4.13. The van der Waals surface area contributed by atoms with E-state index in [-0.39, 0.29) is 0 Å². The third kappa shape index (κ3) is 5.78. The Morgan fingerprint density at radius 1 is 1.14 bits per heavy atom. The average Bonchev–Trinajstić information content (AvgIpc) is 3.62. The average molecular weight is 407 g/mol. The first-order valence-electron chi connectivity index (χ1n) is 10.7. The zero-order valence-electron chi connectivity index (χ0n) is 16.9. The van der Waals surface area contributed by atoms with Crippen LogP contribution in [0, 0.1) is 11.8 Å². The zero-order chi connectivity index (χ0) is 19.3. The molecule has 0 bridgehead atoms. The van der Waals surface area contributed by atoms with Gasteiger partial charge >= 0.3 is 0 Å². The van der Waals surface area contributed by atoms with Crippen LogP contribution in [0.1, 0.15) is 31.2 Å². The van der Waals surface area contributed by atoms with E-state index < -0.39 is 6.10 Å². The number of hydrogen-bond donors (Lipinski definition) is 2. The van der Waals surface area contributed by atoms with E-state index in [1.165, 1.54) is 31.2 Å². The van der Waals surface area contributed by atoms with Crippen molar-refractivity contribution in [2.75, 3.05) is 44.9 Å². The SMILES string of the molecule is COc1cc(CNC(C2CC2)C2CC2)ccc1OCC(O)CN1CCSCC1. The van der Waals surface area contributed by atoms with Crippen LogP contribution in [0.15, 0.2) is 18.2 Å². The molecule has 1 heterocycles. The monoisotopic (exact) mass is 406 g/mol. The second-order valence-corrected chi connectivity index (χ2v) is 9.67. The maximum absolute atomic E-state index is 10.3. The summed E-state index contributed by atoms with van der Waals surface area (Å²) in [7, 11) is 1.68. The highest BCUT2D eigenvalue weighted by Crippen LogP contribution is 2.44. The van der Waals surface area contributed by atoms with Gasteiger partial charge in [0.15, 0.2) is 11.5 Å². The minimum Gasteiger partial charge on any atom is -0.493 e. The van der Waals surface area contributed by atoms with Gasteiger partial charge in [0.1, 0.15) is 12.7 Å². The topological polar surface area (TPSA) is 54.0 Å². The van der Waals surface area contributed by atoms with Gasteiger partial charge in [-0.15, -0.1) is 0 Å².